The number of anilines is 2. The van der Waals surface area contributed by atoms with Gasteiger partial charge in [-0.15, -0.1) is 0 Å². The number of hydrogen-bond donors (Lipinski definition) is 2. The van der Waals surface area contributed by atoms with E-state index in [9.17, 15) is 14.4 Å². The van der Waals surface area contributed by atoms with Gasteiger partial charge in [-0.3, -0.25) is 9.59 Å². The smallest absolute Gasteiger partial charge is 0.337 e. The fraction of sp³-hybridized carbons (Fsp3) is 0.233. The van der Waals surface area contributed by atoms with Crippen LogP contribution in [0.15, 0.2) is 72.8 Å². The number of esters is 1. The van der Waals surface area contributed by atoms with Crippen LogP contribution >= 0.6 is 0 Å². The van der Waals surface area contributed by atoms with Gasteiger partial charge in [0.05, 0.1) is 29.6 Å². The SMILES string of the molecule is COC(=O)c1ccc2c(c1)NC(=O)/C2=C(\Nc1cccc(C(=O)N(C)CCCN(C)C)c1)c1ccccc1. The molecule has 1 aliphatic heterocycles. The lowest BCUT2D eigenvalue weighted by molar-refractivity contribution is -0.110. The maximum Gasteiger partial charge on any atom is 0.337 e. The Kier molecular flexibility index (Phi) is 8.23. The molecule has 0 spiro atoms. The fourth-order valence-corrected chi connectivity index (χ4v) is 4.37. The van der Waals surface area contributed by atoms with Gasteiger partial charge in [0.25, 0.3) is 11.8 Å². The third-order valence-electron chi connectivity index (χ3n) is 6.32. The van der Waals surface area contributed by atoms with Gasteiger partial charge in [-0.25, -0.2) is 4.79 Å². The van der Waals surface area contributed by atoms with Gasteiger partial charge in [-0.1, -0.05) is 42.5 Å². The first kappa shape index (κ1) is 26.6. The van der Waals surface area contributed by atoms with Crippen LogP contribution in [0.5, 0.6) is 0 Å². The van der Waals surface area contributed by atoms with E-state index in [0.717, 1.165) is 18.5 Å². The van der Waals surface area contributed by atoms with E-state index < -0.39 is 5.97 Å². The topological polar surface area (TPSA) is 91.0 Å². The summed E-state index contributed by atoms with van der Waals surface area (Å²) in [5.41, 5.74) is 4.63. The summed E-state index contributed by atoms with van der Waals surface area (Å²) in [7, 11) is 7.14. The molecule has 0 aromatic heterocycles. The number of methoxy groups -OCH3 is 1. The van der Waals surface area contributed by atoms with Crippen molar-refractivity contribution in [1.82, 2.24) is 9.80 Å². The number of ether oxygens (including phenoxy) is 1. The molecule has 0 fully saturated rings. The molecule has 4 rings (SSSR count). The Morgan fingerprint density at radius 1 is 0.868 bits per heavy atom. The van der Waals surface area contributed by atoms with E-state index in [-0.39, 0.29) is 11.8 Å². The molecule has 0 radical (unpaired) electrons. The number of benzene rings is 3. The lowest BCUT2D eigenvalue weighted by atomic mass is 9.99. The van der Waals surface area contributed by atoms with Gasteiger partial charge in [0, 0.05) is 30.4 Å². The molecule has 2 amide bonds. The van der Waals surface area contributed by atoms with E-state index in [2.05, 4.69) is 15.5 Å². The molecule has 196 valence electrons. The molecule has 1 heterocycles. The average Bonchev–Trinajstić information content (AvgIpc) is 3.25. The van der Waals surface area contributed by atoms with Gasteiger partial charge in [0.1, 0.15) is 0 Å². The van der Waals surface area contributed by atoms with Crippen LogP contribution in [0.1, 0.15) is 38.3 Å². The van der Waals surface area contributed by atoms with E-state index in [0.29, 0.717) is 45.9 Å². The first-order chi connectivity index (χ1) is 18.3. The monoisotopic (exact) mass is 512 g/mol. The summed E-state index contributed by atoms with van der Waals surface area (Å²) in [6, 6.07) is 21.8. The molecule has 0 aliphatic carbocycles. The highest BCUT2D eigenvalue weighted by Gasteiger charge is 2.29. The number of rotatable bonds is 9. The minimum atomic E-state index is -0.478. The Morgan fingerprint density at radius 3 is 2.32 bits per heavy atom. The zero-order valence-electron chi connectivity index (χ0n) is 22.1. The molecule has 8 nitrogen and oxygen atoms in total. The van der Waals surface area contributed by atoms with Gasteiger partial charge >= 0.3 is 5.97 Å². The van der Waals surface area contributed by atoms with Crippen molar-refractivity contribution in [2.75, 3.05) is 52.0 Å². The predicted molar refractivity (Wildman–Crippen MR) is 150 cm³/mol. The summed E-state index contributed by atoms with van der Waals surface area (Å²) in [6.45, 7) is 1.55. The summed E-state index contributed by atoms with van der Waals surface area (Å²) >= 11 is 0. The molecular weight excluding hydrogens is 480 g/mol. The van der Waals surface area contributed by atoms with Gasteiger partial charge in [-0.2, -0.15) is 0 Å². The molecule has 0 saturated heterocycles. The van der Waals surface area contributed by atoms with Crippen molar-refractivity contribution in [2.24, 2.45) is 0 Å². The highest BCUT2D eigenvalue weighted by atomic mass is 16.5. The second kappa shape index (κ2) is 11.7. The first-order valence-corrected chi connectivity index (χ1v) is 12.4. The molecule has 3 aromatic carbocycles. The molecule has 0 unspecified atom stereocenters. The molecular formula is C30H32N4O4. The molecule has 0 saturated carbocycles. The minimum absolute atomic E-state index is 0.0689. The van der Waals surface area contributed by atoms with Crippen LogP contribution in [0.25, 0.3) is 11.3 Å². The van der Waals surface area contributed by atoms with Crippen molar-refractivity contribution in [3.8, 4) is 0 Å². The summed E-state index contributed by atoms with van der Waals surface area (Å²) in [4.78, 5) is 42.1. The normalized spacial score (nSPS) is 13.6. The van der Waals surface area contributed by atoms with Crippen LogP contribution < -0.4 is 10.6 Å². The Morgan fingerprint density at radius 2 is 1.61 bits per heavy atom. The van der Waals surface area contributed by atoms with Crippen molar-refractivity contribution in [3.05, 3.63) is 95.1 Å². The number of amides is 2. The van der Waals surface area contributed by atoms with Crippen molar-refractivity contribution in [2.45, 2.75) is 6.42 Å². The third kappa shape index (κ3) is 5.92. The van der Waals surface area contributed by atoms with E-state index in [1.807, 2.05) is 56.6 Å². The Hall–Kier alpha value is -4.43. The number of nitrogens with one attached hydrogen (secondary N) is 2. The summed E-state index contributed by atoms with van der Waals surface area (Å²) < 4.78 is 4.82. The Balaban J connectivity index is 1.69. The molecule has 0 bridgehead atoms. The van der Waals surface area contributed by atoms with Gasteiger partial charge in [-0.05, 0) is 63.0 Å². The van der Waals surface area contributed by atoms with Crippen LogP contribution in [0, 0.1) is 0 Å². The van der Waals surface area contributed by atoms with Crippen LogP contribution in [0.4, 0.5) is 11.4 Å². The Labute approximate surface area is 222 Å². The lowest BCUT2D eigenvalue weighted by Crippen LogP contribution is -2.29. The first-order valence-electron chi connectivity index (χ1n) is 12.4. The third-order valence-corrected chi connectivity index (χ3v) is 6.32. The standard InChI is InChI=1S/C30H32N4O4/c1-33(2)16-9-17-34(3)29(36)21-12-8-13-23(18-21)31-27(20-10-6-5-7-11-20)26-24-15-14-22(30(37)38-4)19-25(24)32-28(26)35/h5-8,10-15,18-19,31H,9,16-17H2,1-4H3,(H,32,35)/b27-26-. The largest absolute Gasteiger partial charge is 0.465 e. The molecule has 0 atom stereocenters. The predicted octanol–water partition coefficient (Wildman–Crippen LogP) is 4.43. The second-order valence-electron chi connectivity index (χ2n) is 9.41. The molecule has 38 heavy (non-hydrogen) atoms. The van der Waals surface area contributed by atoms with Crippen LogP contribution in [-0.2, 0) is 9.53 Å². The van der Waals surface area contributed by atoms with E-state index in [1.165, 1.54) is 7.11 Å². The summed E-state index contributed by atoms with van der Waals surface area (Å²) in [5.74, 6) is -0.837. The quantitative estimate of drug-likeness (QED) is 0.326. The van der Waals surface area contributed by atoms with Crippen molar-refractivity contribution in [1.29, 1.82) is 0 Å². The van der Waals surface area contributed by atoms with E-state index in [1.54, 1.807) is 42.3 Å². The molecule has 8 heteroatoms. The molecule has 3 aromatic rings. The highest BCUT2D eigenvalue weighted by Crippen LogP contribution is 2.38. The van der Waals surface area contributed by atoms with Gasteiger partial charge in [0.2, 0.25) is 0 Å². The summed E-state index contributed by atoms with van der Waals surface area (Å²) in [6.07, 6.45) is 0.879. The molecule has 1 aliphatic rings. The summed E-state index contributed by atoms with van der Waals surface area (Å²) in [5, 5.41) is 6.27. The molecule has 2 N–H and O–H groups in total. The maximum atomic E-state index is 13.2. The van der Waals surface area contributed by atoms with Crippen LogP contribution in [0.2, 0.25) is 0 Å². The number of carbonyl (C=O) groups excluding carboxylic acids is 3. The zero-order valence-corrected chi connectivity index (χ0v) is 22.1. The van der Waals surface area contributed by atoms with Crippen molar-refractivity contribution < 1.29 is 19.1 Å². The maximum absolute atomic E-state index is 13.2. The van der Waals surface area contributed by atoms with Crippen molar-refractivity contribution in [3.63, 3.8) is 0 Å². The number of hydrogen-bond acceptors (Lipinski definition) is 6. The Bertz CT molecular complexity index is 1380. The van der Waals surface area contributed by atoms with Gasteiger partial charge < -0.3 is 25.2 Å². The average molecular weight is 513 g/mol. The van der Waals surface area contributed by atoms with E-state index >= 15 is 0 Å². The van der Waals surface area contributed by atoms with Gasteiger partial charge in [0.15, 0.2) is 0 Å². The number of carbonyl (C=O) groups is 3. The second-order valence-corrected chi connectivity index (χ2v) is 9.41. The minimum Gasteiger partial charge on any atom is -0.465 e. The van der Waals surface area contributed by atoms with E-state index in [4.69, 9.17) is 4.74 Å². The van der Waals surface area contributed by atoms with Crippen LogP contribution in [-0.4, -0.2) is 68.9 Å². The van der Waals surface area contributed by atoms with Crippen molar-refractivity contribution >= 4 is 40.4 Å². The number of nitrogens with zero attached hydrogens (tertiary/aromatic N) is 2. The lowest BCUT2D eigenvalue weighted by Gasteiger charge is -2.19. The fourth-order valence-electron chi connectivity index (χ4n) is 4.37. The number of fused-ring (bicyclic) bond motifs is 1. The highest BCUT2D eigenvalue weighted by molar-refractivity contribution is 6.37. The van der Waals surface area contributed by atoms with Crippen LogP contribution in [0.3, 0.4) is 0 Å². The zero-order chi connectivity index (χ0) is 27.2.